The molecule has 0 aliphatic rings. The average molecular weight is 240 g/mol. The second kappa shape index (κ2) is 6.10. The van der Waals surface area contributed by atoms with Crippen LogP contribution in [0, 0.1) is 11.6 Å². The quantitative estimate of drug-likeness (QED) is 0.771. The minimum atomic E-state index is -0.854. The maximum absolute atomic E-state index is 13.4. The Hall–Kier alpha value is -1.75. The lowest BCUT2D eigenvalue weighted by Crippen LogP contribution is -2.15. The van der Waals surface area contributed by atoms with E-state index in [1.54, 1.807) is 26.4 Å². The summed E-state index contributed by atoms with van der Waals surface area (Å²) in [6.45, 7) is 0. The Morgan fingerprint density at radius 2 is 1.82 bits per heavy atom. The Labute approximate surface area is 98.5 Å². The summed E-state index contributed by atoms with van der Waals surface area (Å²) in [5.74, 6) is -1.71. The lowest BCUT2D eigenvalue weighted by atomic mass is 10.0. The van der Waals surface area contributed by atoms with Crippen LogP contribution in [0.4, 0.5) is 8.78 Å². The molecule has 1 aromatic carbocycles. The third-order valence-electron chi connectivity index (χ3n) is 2.34. The summed E-state index contributed by atoms with van der Waals surface area (Å²) >= 11 is 0. The molecule has 0 aliphatic heterocycles. The van der Waals surface area contributed by atoms with E-state index in [1.807, 2.05) is 0 Å². The lowest BCUT2D eigenvalue weighted by molar-refractivity contribution is 0.111. The summed E-state index contributed by atoms with van der Waals surface area (Å²) in [5.41, 5.74) is -0.124. The molecule has 0 amide bonds. The molecule has 92 valence electrons. The fraction of sp³-hybridized carbons (Fsp3) is 0.250. The van der Waals surface area contributed by atoms with Gasteiger partial charge in [0.1, 0.15) is 11.6 Å². The average Bonchev–Trinajstić information content (AvgIpc) is 2.30. The zero-order chi connectivity index (χ0) is 12.8. The highest BCUT2D eigenvalue weighted by Crippen LogP contribution is 2.20. The maximum Gasteiger partial charge on any atom is 0.155 e. The fourth-order valence-corrected chi connectivity index (χ4v) is 1.46. The first-order valence-electron chi connectivity index (χ1n) is 5.09. The van der Waals surface area contributed by atoms with Crippen LogP contribution in [-0.2, 0) is 0 Å². The number of carbonyl (C=O) groups is 1. The van der Waals surface area contributed by atoms with Gasteiger partial charge in [-0.1, -0.05) is 0 Å². The van der Waals surface area contributed by atoms with Crippen LogP contribution < -0.4 is 10.6 Å². The van der Waals surface area contributed by atoms with Crippen molar-refractivity contribution in [3.63, 3.8) is 0 Å². The third-order valence-corrected chi connectivity index (χ3v) is 2.34. The van der Waals surface area contributed by atoms with Crippen molar-refractivity contribution in [1.82, 2.24) is 10.6 Å². The summed E-state index contributed by atoms with van der Waals surface area (Å²) in [6.07, 6.45) is 3.55. The topological polar surface area (TPSA) is 41.1 Å². The first kappa shape index (κ1) is 13.3. The van der Waals surface area contributed by atoms with Crippen LogP contribution in [0.25, 0.3) is 0 Å². The van der Waals surface area contributed by atoms with Gasteiger partial charge in [-0.05, 0) is 37.0 Å². The first-order valence-corrected chi connectivity index (χ1v) is 5.09. The zero-order valence-electron chi connectivity index (χ0n) is 9.63. The van der Waals surface area contributed by atoms with Crippen LogP contribution in [0.15, 0.2) is 24.4 Å². The van der Waals surface area contributed by atoms with Gasteiger partial charge in [0.2, 0.25) is 0 Å². The molecule has 0 radical (unpaired) electrons. The van der Waals surface area contributed by atoms with Crippen molar-refractivity contribution in [1.29, 1.82) is 0 Å². The van der Waals surface area contributed by atoms with Gasteiger partial charge in [0.15, 0.2) is 6.29 Å². The maximum atomic E-state index is 13.4. The predicted molar refractivity (Wildman–Crippen MR) is 61.7 cm³/mol. The summed E-state index contributed by atoms with van der Waals surface area (Å²) in [4.78, 5) is 10.5. The molecule has 1 rings (SSSR count). The van der Waals surface area contributed by atoms with Crippen LogP contribution >= 0.6 is 0 Å². The highest BCUT2D eigenvalue weighted by Gasteiger charge is 2.14. The predicted octanol–water partition coefficient (Wildman–Crippen LogP) is 1.77. The number of aldehydes is 1. The van der Waals surface area contributed by atoms with Crippen molar-refractivity contribution in [2.45, 2.75) is 6.04 Å². The van der Waals surface area contributed by atoms with E-state index < -0.39 is 17.2 Å². The van der Waals surface area contributed by atoms with Gasteiger partial charge in [0.05, 0.1) is 11.6 Å². The monoisotopic (exact) mass is 240 g/mol. The Bertz CT molecular complexity index is 410. The van der Waals surface area contributed by atoms with Crippen LogP contribution in [0.3, 0.4) is 0 Å². The van der Waals surface area contributed by atoms with E-state index in [0.29, 0.717) is 5.56 Å². The normalized spacial score (nSPS) is 12.7. The number of carbonyl (C=O) groups excluding carboxylic acids is 1. The van der Waals surface area contributed by atoms with Gasteiger partial charge < -0.3 is 10.6 Å². The molecule has 1 aromatic rings. The smallest absolute Gasteiger partial charge is 0.155 e. The Balaban J connectivity index is 3.13. The van der Waals surface area contributed by atoms with Gasteiger partial charge in [-0.3, -0.25) is 4.79 Å². The zero-order valence-corrected chi connectivity index (χ0v) is 9.63. The number of nitrogens with one attached hydrogen (secondary N) is 2. The lowest BCUT2D eigenvalue weighted by Gasteiger charge is -2.13. The van der Waals surface area contributed by atoms with Crippen LogP contribution in [0.1, 0.15) is 22.0 Å². The van der Waals surface area contributed by atoms with Gasteiger partial charge in [0.25, 0.3) is 0 Å². The highest BCUT2D eigenvalue weighted by atomic mass is 19.1. The summed E-state index contributed by atoms with van der Waals surface area (Å²) in [7, 11) is 3.40. The van der Waals surface area contributed by atoms with E-state index in [1.165, 1.54) is 0 Å². The third kappa shape index (κ3) is 3.10. The molecule has 0 spiro atoms. The van der Waals surface area contributed by atoms with E-state index in [-0.39, 0.29) is 12.3 Å². The van der Waals surface area contributed by atoms with Gasteiger partial charge in [-0.25, -0.2) is 8.78 Å². The molecule has 0 bridgehead atoms. The summed E-state index contributed by atoms with van der Waals surface area (Å²) in [5, 5.41) is 5.69. The molecule has 0 aromatic heterocycles. The Kier molecular flexibility index (Phi) is 4.78. The molecular weight excluding hydrogens is 226 g/mol. The standard InChI is InChI=1S/C12H14F2N2O/c1-15-4-3-12(16-2)8-5-10(13)9(7-17)11(14)6-8/h3-7,12,15-16H,1-2H3/b4-3-. The van der Waals surface area contributed by atoms with E-state index in [4.69, 9.17) is 0 Å². The summed E-state index contributed by atoms with van der Waals surface area (Å²) in [6, 6.07) is 1.97. The molecule has 17 heavy (non-hydrogen) atoms. The minimum absolute atomic E-state index is 0.173. The van der Waals surface area contributed by atoms with Crippen molar-refractivity contribution in [2.24, 2.45) is 0 Å². The Morgan fingerprint density at radius 3 is 2.24 bits per heavy atom. The second-order valence-electron chi connectivity index (χ2n) is 3.43. The molecule has 3 nitrogen and oxygen atoms in total. The molecule has 0 saturated heterocycles. The van der Waals surface area contributed by atoms with Gasteiger partial charge >= 0.3 is 0 Å². The van der Waals surface area contributed by atoms with E-state index in [2.05, 4.69) is 10.6 Å². The molecular formula is C12H14F2N2O. The number of hydrogen-bond acceptors (Lipinski definition) is 3. The van der Waals surface area contributed by atoms with Crippen molar-refractivity contribution in [3.05, 3.63) is 47.2 Å². The largest absolute Gasteiger partial charge is 0.394 e. The molecule has 2 N–H and O–H groups in total. The number of halogens is 2. The van der Waals surface area contributed by atoms with Crippen LogP contribution in [-0.4, -0.2) is 20.4 Å². The minimum Gasteiger partial charge on any atom is -0.394 e. The van der Waals surface area contributed by atoms with Crippen molar-refractivity contribution < 1.29 is 13.6 Å². The number of hydrogen-bond donors (Lipinski definition) is 2. The van der Waals surface area contributed by atoms with Gasteiger partial charge in [-0.2, -0.15) is 0 Å². The van der Waals surface area contributed by atoms with Crippen LogP contribution in [0.2, 0.25) is 0 Å². The SMILES string of the molecule is CN/C=C\C(NC)c1cc(F)c(C=O)c(F)c1. The summed E-state index contributed by atoms with van der Waals surface area (Å²) < 4.78 is 26.8. The first-order chi connectivity index (χ1) is 8.13. The van der Waals surface area contributed by atoms with Crippen LogP contribution in [0.5, 0.6) is 0 Å². The number of benzene rings is 1. The van der Waals surface area contributed by atoms with E-state index >= 15 is 0 Å². The Morgan fingerprint density at radius 1 is 1.24 bits per heavy atom. The highest BCUT2D eigenvalue weighted by molar-refractivity contribution is 5.75. The van der Waals surface area contributed by atoms with E-state index in [0.717, 1.165) is 12.1 Å². The molecule has 1 atom stereocenters. The van der Waals surface area contributed by atoms with E-state index in [9.17, 15) is 13.6 Å². The molecule has 0 aliphatic carbocycles. The van der Waals surface area contributed by atoms with Crippen molar-refractivity contribution in [3.8, 4) is 0 Å². The molecule has 5 heteroatoms. The number of rotatable bonds is 5. The molecule has 0 saturated carbocycles. The molecule has 1 unspecified atom stereocenters. The molecule has 0 fully saturated rings. The van der Waals surface area contributed by atoms with Gasteiger partial charge in [0, 0.05) is 7.05 Å². The van der Waals surface area contributed by atoms with Gasteiger partial charge in [-0.15, -0.1) is 0 Å². The van der Waals surface area contributed by atoms with Crippen molar-refractivity contribution >= 4 is 6.29 Å². The molecule has 0 heterocycles. The fourth-order valence-electron chi connectivity index (χ4n) is 1.46. The van der Waals surface area contributed by atoms with Crippen molar-refractivity contribution in [2.75, 3.05) is 14.1 Å². The second-order valence-corrected chi connectivity index (χ2v) is 3.43. The number of likely N-dealkylation sites (N-methyl/N-ethyl adjacent to an activating group) is 1.